The van der Waals surface area contributed by atoms with E-state index in [9.17, 15) is 9.59 Å². The Labute approximate surface area is 192 Å². The zero-order valence-corrected chi connectivity index (χ0v) is 19.1. The molecular weight excluding hydrogens is 436 g/mol. The molecule has 0 unspecified atom stereocenters. The fraction of sp³-hybridized carbons (Fsp3) is 0.318. The minimum absolute atomic E-state index is 0.175. The van der Waals surface area contributed by atoms with Gasteiger partial charge >= 0.3 is 0 Å². The highest BCUT2D eigenvalue weighted by atomic mass is 35.5. The Morgan fingerprint density at radius 2 is 1.84 bits per heavy atom. The lowest BCUT2D eigenvalue weighted by molar-refractivity contribution is -0.131. The van der Waals surface area contributed by atoms with Gasteiger partial charge in [0.2, 0.25) is 5.91 Å². The average Bonchev–Trinajstić information content (AvgIpc) is 2.79. The van der Waals surface area contributed by atoms with Crippen LogP contribution in [0.2, 0.25) is 5.02 Å². The van der Waals surface area contributed by atoms with Crippen molar-refractivity contribution in [3.05, 3.63) is 53.1 Å². The predicted octanol–water partition coefficient (Wildman–Crippen LogP) is 3.53. The zero-order valence-electron chi connectivity index (χ0n) is 17.5. The Morgan fingerprint density at radius 1 is 1.13 bits per heavy atom. The van der Waals surface area contributed by atoms with Gasteiger partial charge in [-0.25, -0.2) is 0 Å². The number of methoxy groups -OCH3 is 1. The summed E-state index contributed by atoms with van der Waals surface area (Å²) < 4.78 is 5.11. The molecule has 1 heterocycles. The molecule has 0 spiro atoms. The Morgan fingerprint density at radius 3 is 2.48 bits per heavy atom. The summed E-state index contributed by atoms with van der Waals surface area (Å²) in [6, 6.07) is 12.5. The molecule has 0 radical (unpaired) electrons. The van der Waals surface area contributed by atoms with Crippen LogP contribution >= 0.6 is 23.8 Å². The van der Waals surface area contributed by atoms with E-state index in [-0.39, 0.29) is 16.9 Å². The number of nitrogens with zero attached hydrogens (tertiary/aromatic N) is 2. The molecular formula is C22H25ClN4O3S. The number of rotatable bonds is 5. The third-order valence-electron chi connectivity index (χ3n) is 5.07. The number of amides is 2. The molecule has 0 bridgehead atoms. The highest BCUT2D eigenvalue weighted by Gasteiger charge is 2.22. The van der Waals surface area contributed by atoms with Gasteiger partial charge in [0.1, 0.15) is 5.75 Å². The lowest BCUT2D eigenvalue weighted by atomic mass is 10.2. The van der Waals surface area contributed by atoms with Crippen molar-refractivity contribution in [1.29, 1.82) is 0 Å². The number of benzene rings is 2. The molecule has 0 saturated carbocycles. The summed E-state index contributed by atoms with van der Waals surface area (Å²) in [6.45, 7) is 4.70. The predicted molar refractivity (Wildman–Crippen MR) is 127 cm³/mol. The second-order valence-corrected chi connectivity index (χ2v) is 7.81. The van der Waals surface area contributed by atoms with Crippen LogP contribution in [0.1, 0.15) is 23.7 Å². The molecule has 31 heavy (non-hydrogen) atoms. The van der Waals surface area contributed by atoms with Crippen LogP contribution in [0.25, 0.3) is 0 Å². The Bertz CT molecular complexity index is 977. The molecule has 9 heteroatoms. The summed E-state index contributed by atoms with van der Waals surface area (Å²) in [5, 5.41) is 6.32. The highest BCUT2D eigenvalue weighted by Crippen LogP contribution is 2.27. The van der Waals surface area contributed by atoms with Crippen LogP contribution in [0.5, 0.6) is 5.75 Å². The van der Waals surface area contributed by atoms with Gasteiger partial charge in [-0.1, -0.05) is 30.7 Å². The minimum atomic E-state index is -0.369. The summed E-state index contributed by atoms with van der Waals surface area (Å²) in [5.74, 6) is 0.299. The van der Waals surface area contributed by atoms with Crippen LogP contribution in [0.15, 0.2) is 42.5 Å². The SMILES string of the molecule is CCC(=O)N1CCN(c2ccccc2NC(=S)NC(=O)c2ccc(OC)c(Cl)c2)CC1. The van der Waals surface area contributed by atoms with Crippen molar-refractivity contribution in [2.45, 2.75) is 13.3 Å². The number of piperazine rings is 1. The molecule has 1 fully saturated rings. The van der Waals surface area contributed by atoms with E-state index in [0.29, 0.717) is 35.8 Å². The van der Waals surface area contributed by atoms with Gasteiger partial charge in [-0.3, -0.25) is 14.9 Å². The Hall–Kier alpha value is -2.84. The molecule has 2 aromatic rings. The number of thiocarbonyl (C=S) groups is 1. The maximum Gasteiger partial charge on any atom is 0.257 e. The molecule has 2 N–H and O–H groups in total. The molecule has 3 rings (SSSR count). The lowest BCUT2D eigenvalue weighted by Gasteiger charge is -2.37. The second-order valence-electron chi connectivity index (χ2n) is 7.00. The molecule has 2 aromatic carbocycles. The van der Waals surface area contributed by atoms with Crippen molar-refractivity contribution < 1.29 is 14.3 Å². The van der Waals surface area contributed by atoms with Crippen molar-refractivity contribution in [2.24, 2.45) is 0 Å². The van der Waals surface area contributed by atoms with E-state index < -0.39 is 0 Å². The molecule has 2 amide bonds. The van der Waals surface area contributed by atoms with Crippen LogP contribution in [0.3, 0.4) is 0 Å². The van der Waals surface area contributed by atoms with Gasteiger partial charge in [0.15, 0.2) is 5.11 Å². The van der Waals surface area contributed by atoms with Crippen molar-refractivity contribution >= 4 is 52.1 Å². The molecule has 0 atom stereocenters. The van der Waals surface area contributed by atoms with Crippen molar-refractivity contribution in [3.63, 3.8) is 0 Å². The van der Waals surface area contributed by atoms with E-state index >= 15 is 0 Å². The maximum atomic E-state index is 12.5. The first-order valence-electron chi connectivity index (χ1n) is 10.0. The number of hydrogen-bond acceptors (Lipinski definition) is 5. The average molecular weight is 461 g/mol. The van der Waals surface area contributed by atoms with Gasteiger partial charge in [0.05, 0.1) is 23.5 Å². The maximum absolute atomic E-state index is 12.5. The van der Waals surface area contributed by atoms with Gasteiger partial charge in [0, 0.05) is 38.2 Å². The van der Waals surface area contributed by atoms with Gasteiger partial charge in [0.25, 0.3) is 5.91 Å². The third kappa shape index (κ3) is 5.65. The van der Waals surface area contributed by atoms with Crippen LogP contribution in [-0.4, -0.2) is 55.1 Å². The molecule has 1 saturated heterocycles. The number of halogens is 1. The van der Waals surface area contributed by atoms with Crippen molar-refractivity contribution in [2.75, 3.05) is 43.5 Å². The summed E-state index contributed by atoms with van der Waals surface area (Å²) in [4.78, 5) is 28.5. The lowest BCUT2D eigenvalue weighted by Crippen LogP contribution is -2.48. The molecule has 0 aliphatic carbocycles. The normalized spacial score (nSPS) is 13.5. The van der Waals surface area contributed by atoms with Crippen LogP contribution in [0.4, 0.5) is 11.4 Å². The fourth-order valence-electron chi connectivity index (χ4n) is 3.41. The number of carbonyl (C=O) groups is 2. The minimum Gasteiger partial charge on any atom is -0.495 e. The standard InChI is InChI=1S/C22H25ClN4O3S/c1-3-20(28)27-12-10-26(11-13-27)18-7-5-4-6-17(18)24-22(31)25-21(29)15-8-9-19(30-2)16(23)14-15/h4-9,14H,3,10-13H2,1-2H3,(H2,24,25,29,31). The molecule has 164 valence electrons. The fourth-order valence-corrected chi connectivity index (χ4v) is 3.87. The third-order valence-corrected chi connectivity index (χ3v) is 5.57. The molecule has 7 nitrogen and oxygen atoms in total. The van der Waals surface area contributed by atoms with E-state index in [1.807, 2.05) is 36.1 Å². The Kier molecular flexibility index (Phi) is 7.70. The number of nitrogens with one attached hydrogen (secondary N) is 2. The van der Waals surface area contributed by atoms with Crippen LogP contribution in [0, 0.1) is 0 Å². The van der Waals surface area contributed by atoms with E-state index in [1.165, 1.54) is 13.2 Å². The number of anilines is 2. The van der Waals surface area contributed by atoms with E-state index in [2.05, 4.69) is 15.5 Å². The molecule has 1 aliphatic rings. The quantitative estimate of drug-likeness (QED) is 0.665. The van der Waals surface area contributed by atoms with Crippen LogP contribution in [-0.2, 0) is 4.79 Å². The smallest absolute Gasteiger partial charge is 0.257 e. The van der Waals surface area contributed by atoms with E-state index in [4.69, 9.17) is 28.6 Å². The summed E-state index contributed by atoms with van der Waals surface area (Å²) in [5.41, 5.74) is 2.13. The number of hydrogen-bond donors (Lipinski definition) is 2. The molecule has 1 aliphatic heterocycles. The van der Waals surface area contributed by atoms with Gasteiger partial charge in [-0.05, 0) is 42.5 Å². The first-order valence-corrected chi connectivity index (χ1v) is 10.8. The van der Waals surface area contributed by atoms with Crippen molar-refractivity contribution in [3.8, 4) is 5.75 Å². The first kappa shape index (κ1) is 22.8. The largest absolute Gasteiger partial charge is 0.495 e. The summed E-state index contributed by atoms with van der Waals surface area (Å²) in [7, 11) is 1.51. The highest BCUT2D eigenvalue weighted by molar-refractivity contribution is 7.80. The number of para-hydroxylation sites is 2. The monoisotopic (exact) mass is 460 g/mol. The zero-order chi connectivity index (χ0) is 22.4. The second kappa shape index (κ2) is 10.5. The summed E-state index contributed by atoms with van der Waals surface area (Å²) in [6.07, 6.45) is 0.519. The Balaban J connectivity index is 1.64. The molecule has 0 aromatic heterocycles. The van der Waals surface area contributed by atoms with Crippen molar-refractivity contribution in [1.82, 2.24) is 10.2 Å². The number of carbonyl (C=O) groups excluding carboxylic acids is 2. The first-order chi connectivity index (χ1) is 14.9. The van der Waals surface area contributed by atoms with E-state index in [0.717, 1.165) is 24.5 Å². The summed E-state index contributed by atoms with van der Waals surface area (Å²) >= 11 is 11.5. The topological polar surface area (TPSA) is 73.9 Å². The van der Waals surface area contributed by atoms with Gasteiger partial charge in [-0.2, -0.15) is 0 Å². The number of ether oxygens (including phenoxy) is 1. The van der Waals surface area contributed by atoms with Gasteiger partial charge in [-0.15, -0.1) is 0 Å². The van der Waals surface area contributed by atoms with Gasteiger partial charge < -0.3 is 19.9 Å². The van der Waals surface area contributed by atoms with E-state index in [1.54, 1.807) is 12.1 Å². The van der Waals surface area contributed by atoms with Crippen LogP contribution < -0.4 is 20.3 Å².